The van der Waals surface area contributed by atoms with Gasteiger partial charge in [-0.05, 0) is 32.6 Å². The molecule has 2 aromatic rings. The molecule has 1 saturated carbocycles. The van der Waals surface area contributed by atoms with E-state index < -0.39 is 0 Å². The highest BCUT2D eigenvalue weighted by Crippen LogP contribution is 2.29. The third-order valence-corrected chi connectivity index (χ3v) is 3.19. The molecular formula is C12H14N4O2. The third kappa shape index (κ3) is 1.83. The SMILES string of the molecule is Cc1nc2ncnn2c(C)c1C(=O)OCC1CC1. The van der Waals surface area contributed by atoms with E-state index in [1.54, 1.807) is 11.4 Å². The molecule has 1 fully saturated rings. The molecule has 0 spiro atoms. The highest BCUT2D eigenvalue weighted by molar-refractivity contribution is 5.92. The Hall–Kier alpha value is -1.98. The standard InChI is InChI=1S/C12H14N4O2/c1-7-10(11(17)18-5-9-3-4-9)8(2)16-12(15-7)13-6-14-16/h6,9H,3-5H2,1-2H3. The van der Waals surface area contributed by atoms with Gasteiger partial charge in [-0.2, -0.15) is 10.1 Å². The van der Waals surface area contributed by atoms with Crippen molar-refractivity contribution in [3.8, 4) is 0 Å². The fraction of sp³-hybridized carbons (Fsp3) is 0.500. The van der Waals surface area contributed by atoms with Crippen molar-refractivity contribution in [2.24, 2.45) is 5.92 Å². The van der Waals surface area contributed by atoms with Gasteiger partial charge in [-0.3, -0.25) is 0 Å². The molecule has 3 rings (SSSR count). The maximum absolute atomic E-state index is 12.1. The van der Waals surface area contributed by atoms with E-state index in [0.717, 1.165) is 18.5 Å². The summed E-state index contributed by atoms with van der Waals surface area (Å²) in [6, 6.07) is 0. The number of ether oxygens (including phenoxy) is 1. The van der Waals surface area contributed by atoms with Gasteiger partial charge in [0.2, 0.25) is 0 Å². The Bertz CT molecular complexity index is 616. The average Bonchev–Trinajstić information content (AvgIpc) is 3.04. The lowest BCUT2D eigenvalue weighted by Gasteiger charge is -2.09. The van der Waals surface area contributed by atoms with Crippen molar-refractivity contribution in [1.82, 2.24) is 19.6 Å². The van der Waals surface area contributed by atoms with E-state index in [4.69, 9.17) is 4.74 Å². The molecule has 0 amide bonds. The van der Waals surface area contributed by atoms with Crippen LogP contribution in [0.3, 0.4) is 0 Å². The number of carbonyl (C=O) groups is 1. The third-order valence-electron chi connectivity index (χ3n) is 3.19. The Balaban J connectivity index is 1.95. The van der Waals surface area contributed by atoms with Gasteiger partial charge < -0.3 is 4.74 Å². The Morgan fingerprint density at radius 3 is 3.00 bits per heavy atom. The summed E-state index contributed by atoms with van der Waals surface area (Å²) in [6.45, 7) is 4.12. The van der Waals surface area contributed by atoms with Crippen molar-refractivity contribution >= 4 is 11.7 Å². The number of hydrogen-bond acceptors (Lipinski definition) is 5. The van der Waals surface area contributed by atoms with Crippen molar-refractivity contribution in [1.29, 1.82) is 0 Å². The van der Waals surface area contributed by atoms with Crippen LogP contribution in [0.2, 0.25) is 0 Å². The normalized spacial score (nSPS) is 15.0. The molecule has 0 saturated heterocycles. The lowest BCUT2D eigenvalue weighted by molar-refractivity contribution is 0.0483. The highest BCUT2D eigenvalue weighted by atomic mass is 16.5. The molecule has 2 aromatic heterocycles. The van der Waals surface area contributed by atoms with E-state index in [0.29, 0.717) is 29.6 Å². The first-order valence-electron chi connectivity index (χ1n) is 6.01. The molecule has 1 aliphatic rings. The van der Waals surface area contributed by atoms with Gasteiger partial charge in [0.25, 0.3) is 5.78 Å². The zero-order valence-corrected chi connectivity index (χ0v) is 10.4. The minimum Gasteiger partial charge on any atom is -0.462 e. The molecule has 6 nitrogen and oxygen atoms in total. The van der Waals surface area contributed by atoms with Gasteiger partial charge >= 0.3 is 5.97 Å². The second-order valence-electron chi connectivity index (χ2n) is 4.67. The minimum absolute atomic E-state index is 0.318. The number of aryl methyl sites for hydroxylation is 2. The van der Waals surface area contributed by atoms with Gasteiger partial charge in [-0.25, -0.2) is 14.3 Å². The Kier molecular flexibility index (Phi) is 2.50. The first-order valence-corrected chi connectivity index (χ1v) is 6.01. The predicted molar refractivity (Wildman–Crippen MR) is 63.3 cm³/mol. The van der Waals surface area contributed by atoms with Crippen LogP contribution in [-0.4, -0.2) is 32.2 Å². The summed E-state index contributed by atoms with van der Waals surface area (Å²) in [6.07, 6.45) is 3.74. The Morgan fingerprint density at radius 2 is 2.28 bits per heavy atom. The van der Waals surface area contributed by atoms with Crippen LogP contribution in [0.25, 0.3) is 5.78 Å². The van der Waals surface area contributed by atoms with E-state index in [9.17, 15) is 4.79 Å². The molecule has 6 heteroatoms. The van der Waals surface area contributed by atoms with E-state index in [1.807, 2.05) is 6.92 Å². The smallest absolute Gasteiger partial charge is 0.341 e. The molecule has 18 heavy (non-hydrogen) atoms. The number of aromatic nitrogens is 4. The van der Waals surface area contributed by atoms with Gasteiger partial charge in [0.15, 0.2) is 0 Å². The maximum Gasteiger partial charge on any atom is 0.341 e. The van der Waals surface area contributed by atoms with Crippen LogP contribution >= 0.6 is 0 Å². The zero-order valence-electron chi connectivity index (χ0n) is 10.4. The number of esters is 1. The number of carbonyl (C=O) groups excluding carboxylic acids is 1. The van der Waals surface area contributed by atoms with Gasteiger partial charge in [0, 0.05) is 0 Å². The molecule has 0 unspecified atom stereocenters. The van der Waals surface area contributed by atoms with Crippen LogP contribution in [0.1, 0.15) is 34.6 Å². The largest absolute Gasteiger partial charge is 0.462 e. The maximum atomic E-state index is 12.1. The van der Waals surface area contributed by atoms with Crippen LogP contribution in [-0.2, 0) is 4.74 Å². The summed E-state index contributed by atoms with van der Waals surface area (Å²) in [4.78, 5) is 20.3. The van der Waals surface area contributed by atoms with Crippen molar-refractivity contribution in [3.05, 3.63) is 23.3 Å². The molecule has 0 bridgehead atoms. The summed E-state index contributed by atoms with van der Waals surface area (Å²) in [5.74, 6) is 0.739. The molecule has 0 aliphatic heterocycles. The molecule has 0 radical (unpaired) electrons. The Morgan fingerprint density at radius 1 is 1.50 bits per heavy atom. The summed E-state index contributed by atoms with van der Waals surface area (Å²) in [7, 11) is 0. The number of rotatable bonds is 3. The van der Waals surface area contributed by atoms with E-state index in [2.05, 4.69) is 15.1 Å². The van der Waals surface area contributed by atoms with Crippen molar-refractivity contribution < 1.29 is 9.53 Å². The lowest BCUT2D eigenvalue weighted by Crippen LogP contribution is -2.15. The molecule has 0 atom stereocenters. The summed E-state index contributed by atoms with van der Waals surface area (Å²) >= 11 is 0. The summed E-state index contributed by atoms with van der Waals surface area (Å²) < 4.78 is 6.85. The van der Waals surface area contributed by atoms with Crippen LogP contribution in [0.5, 0.6) is 0 Å². The first kappa shape index (κ1) is 11.1. The molecule has 0 N–H and O–H groups in total. The van der Waals surface area contributed by atoms with Crippen LogP contribution in [0.15, 0.2) is 6.33 Å². The topological polar surface area (TPSA) is 69.4 Å². The quantitative estimate of drug-likeness (QED) is 0.764. The van der Waals surface area contributed by atoms with Crippen LogP contribution < -0.4 is 0 Å². The first-order chi connectivity index (χ1) is 8.66. The monoisotopic (exact) mass is 246 g/mol. The van der Waals surface area contributed by atoms with E-state index in [-0.39, 0.29) is 5.97 Å². The van der Waals surface area contributed by atoms with Crippen molar-refractivity contribution in [2.45, 2.75) is 26.7 Å². The minimum atomic E-state index is -0.318. The van der Waals surface area contributed by atoms with Gasteiger partial charge in [0.05, 0.1) is 18.0 Å². The van der Waals surface area contributed by atoms with Gasteiger partial charge in [-0.1, -0.05) is 0 Å². The second kappa shape index (κ2) is 4.04. The number of nitrogens with zero attached hydrogens (tertiary/aromatic N) is 4. The zero-order chi connectivity index (χ0) is 12.7. The molecule has 94 valence electrons. The van der Waals surface area contributed by atoms with Crippen LogP contribution in [0.4, 0.5) is 0 Å². The van der Waals surface area contributed by atoms with E-state index in [1.165, 1.54) is 6.33 Å². The predicted octanol–water partition coefficient (Wildman–Crippen LogP) is 1.31. The number of fused-ring (bicyclic) bond motifs is 1. The second-order valence-corrected chi connectivity index (χ2v) is 4.67. The van der Waals surface area contributed by atoms with Crippen molar-refractivity contribution in [3.63, 3.8) is 0 Å². The fourth-order valence-electron chi connectivity index (χ4n) is 1.97. The molecule has 0 aromatic carbocycles. The van der Waals surface area contributed by atoms with Crippen LogP contribution in [0, 0.1) is 19.8 Å². The van der Waals surface area contributed by atoms with E-state index >= 15 is 0 Å². The molecule has 1 aliphatic carbocycles. The van der Waals surface area contributed by atoms with Gasteiger partial charge in [-0.15, -0.1) is 0 Å². The molecule has 2 heterocycles. The molecular weight excluding hydrogens is 232 g/mol. The highest BCUT2D eigenvalue weighted by Gasteiger charge is 2.25. The number of hydrogen-bond donors (Lipinski definition) is 0. The van der Waals surface area contributed by atoms with Gasteiger partial charge in [0.1, 0.15) is 11.9 Å². The average molecular weight is 246 g/mol. The Labute approximate surface area is 104 Å². The lowest BCUT2D eigenvalue weighted by atomic mass is 10.2. The summed E-state index contributed by atoms with van der Waals surface area (Å²) in [5.41, 5.74) is 1.85. The summed E-state index contributed by atoms with van der Waals surface area (Å²) in [5, 5.41) is 4.05. The fourth-order valence-corrected chi connectivity index (χ4v) is 1.97. The van der Waals surface area contributed by atoms with Crippen molar-refractivity contribution in [2.75, 3.05) is 6.61 Å².